The summed E-state index contributed by atoms with van der Waals surface area (Å²) in [6.45, 7) is 1.41. The highest BCUT2D eigenvalue weighted by Gasteiger charge is 2.42. The van der Waals surface area contributed by atoms with E-state index in [2.05, 4.69) is 0 Å². The highest BCUT2D eigenvalue weighted by molar-refractivity contribution is 5.94. The summed E-state index contributed by atoms with van der Waals surface area (Å²) in [5.41, 5.74) is 6.21. The standard InChI is InChI=1S/C14H17FN2O.ClH/c15-12-4-2-1-3-10(12)14(18)17-7-9-5-6-13(16)11(9)8-17;/h1-4,9,11,13H,5-8,16H2;1H. The molecule has 0 aromatic heterocycles. The molecule has 1 aliphatic heterocycles. The first-order chi connectivity index (χ1) is 8.66. The fourth-order valence-corrected chi connectivity index (χ4v) is 3.28. The van der Waals surface area contributed by atoms with E-state index in [0.29, 0.717) is 18.4 Å². The first kappa shape index (κ1) is 14.3. The normalized spacial score (nSPS) is 28.9. The molecule has 1 aromatic rings. The molecule has 2 fully saturated rings. The Kier molecular flexibility index (Phi) is 4.11. The van der Waals surface area contributed by atoms with Gasteiger partial charge < -0.3 is 10.6 Å². The number of carbonyl (C=O) groups is 1. The van der Waals surface area contributed by atoms with Gasteiger partial charge in [-0.1, -0.05) is 12.1 Å². The van der Waals surface area contributed by atoms with Gasteiger partial charge in [-0.3, -0.25) is 4.79 Å². The van der Waals surface area contributed by atoms with Crippen molar-refractivity contribution in [3.63, 3.8) is 0 Å². The van der Waals surface area contributed by atoms with Crippen molar-refractivity contribution in [3.8, 4) is 0 Å². The van der Waals surface area contributed by atoms with Gasteiger partial charge in [-0.2, -0.15) is 0 Å². The van der Waals surface area contributed by atoms with Crippen LogP contribution in [0.2, 0.25) is 0 Å². The van der Waals surface area contributed by atoms with Crippen LogP contribution in [-0.4, -0.2) is 29.9 Å². The summed E-state index contributed by atoms with van der Waals surface area (Å²) in [4.78, 5) is 14.0. The summed E-state index contributed by atoms with van der Waals surface area (Å²) < 4.78 is 13.6. The van der Waals surface area contributed by atoms with E-state index < -0.39 is 5.82 Å². The molecule has 3 unspecified atom stereocenters. The van der Waals surface area contributed by atoms with Gasteiger partial charge in [0.05, 0.1) is 5.56 Å². The molecule has 1 aliphatic carbocycles. The molecule has 0 bridgehead atoms. The van der Waals surface area contributed by atoms with E-state index in [9.17, 15) is 9.18 Å². The number of fused-ring (bicyclic) bond motifs is 1. The molecule has 3 nitrogen and oxygen atoms in total. The van der Waals surface area contributed by atoms with Crippen molar-refractivity contribution in [3.05, 3.63) is 35.6 Å². The molecule has 5 heteroatoms. The zero-order chi connectivity index (χ0) is 12.7. The molecule has 0 spiro atoms. The van der Waals surface area contributed by atoms with E-state index in [0.717, 1.165) is 19.4 Å². The Labute approximate surface area is 118 Å². The molecular formula is C14H18ClFN2O. The van der Waals surface area contributed by atoms with Crippen LogP contribution in [0.25, 0.3) is 0 Å². The maximum Gasteiger partial charge on any atom is 0.256 e. The first-order valence-corrected chi connectivity index (χ1v) is 6.46. The summed E-state index contributed by atoms with van der Waals surface area (Å²) in [5.74, 6) is 0.273. The van der Waals surface area contributed by atoms with Gasteiger partial charge in [0.2, 0.25) is 0 Å². The van der Waals surface area contributed by atoms with Crippen molar-refractivity contribution in [2.24, 2.45) is 17.6 Å². The Bertz CT molecular complexity index is 482. The minimum atomic E-state index is -0.441. The Hall–Kier alpha value is -1.13. The van der Waals surface area contributed by atoms with Gasteiger partial charge in [-0.15, -0.1) is 12.4 Å². The average Bonchev–Trinajstić information content (AvgIpc) is 2.92. The van der Waals surface area contributed by atoms with Crippen molar-refractivity contribution in [1.29, 1.82) is 0 Å². The second kappa shape index (κ2) is 5.47. The smallest absolute Gasteiger partial charge is 0.256 e. The number of rotatable bonds is 1. The highest BCUT2D eigenvalue weighted by Crippen LogP contribution is 2.37. The molecule has 1 amide bonds. The van der Waals surface area contributed by atoms with Gasteiger partial charge >= 0.3 is 0 Å². The first-order valence-electron chi connectivity index (χ1n) is 6.46. The van der Waals surface area contributed by atoms with Gasteiger partial charge in [0.15, 0.2) is 0 Å². The lowest BCUT2D eigenvalue weighted by Gasteiger charge is -2.19. The summed E-state index contributed by atoms with van der Waals surface area (Å²) in [6.07, 6.45) is 2.14. The molecule has 1 saturated heterocycles. The van der Waals surface area contributed by atoms with Crippen LogP contribution >= 0.6 is 12.4 Å². The van der Waals surface area contributed by atoms with Crippen molar-refractivity contribution in [2.45, 2.75) is 18.9 Å². The molecule has 3 atom stereocenters. The van der Waals surface area contributed by atoms with Crippen molar-refractivity contribution in [1.82, 2.24) is 4.90 Å². The molecule has 3 rings (SSSR count). The van der Waals surface area contributed by atoms with Gasteiger partial charge in [-0.05, 0) is 36.8 Å². The highest BCUT2D eigenvalue weighted by atomic mass is 35.5. The maximum absolute atomic E-state index is 13.6. The summed E-state index contributed by atoms with van der Waals surface area (Å²) in [5, 5.41) is 0. The monoisotopic (exact) mass is 284 g/mol. The number of benzene rings is 1. The summed E-state index contributed by atoms with van der Waals surface area (Å²) in [6, 6.07) is 6.37. The minimum Gasteiger partial charge on any atom is -0.338 e. The van der Waals surface area contributed by atoms with E-state index >= 15 is 0 Å². The van der Waals surface area contributed by atoms with Crippen LogP contribution < -0.4 is 5.73 Å². The number of nitrogens with two attached hydrogens (primary N) is 1. The SMILES string of the molecule is Cl.NC1CCC2CN(C(=O)c3ccccc3F)CC12. The quantitative estimate of drug-likeness (QED) is 0.858. The molecule has 1 saturated carbocycles. The lowest BCUT2D eigenvalue weighted by molar-refractivity contribution is 0.0775. The number of carbonyl (C=O) groups excluding carboxylic acids is 1. The number of hydrogen-bond donors (Lipinski definition) is 1. The lowest BCUT2D eigenvalue weighted by Crippen LogP contribution is -2.33. The van der Waals surface area contributed by atoms with Crippen LogP contribution in [0, 0.1) is 17.7 Å². The molecule has 1 aromatic carbocycles. The molecule has 104 valence electrons. The van der Waals surface area contributed by atoms with Crippen LogP contribution in [0.5, 0.6) is 0 Å². The third kappa shape index (κ3) is 2.47. The molecule has 1 heterocycles. The predicted octanol–water partition coefficient (Wildman–Crippen LogP) is 2.06. The fourth-order valence-electron chi connectivity index (χ4n) is 3.28. The zero-order valence-electron chi connectivity index (χ0n) is 10.6. The number of halogens is 2. The Balaban J connectivity index is 0.00000133. The third-order valence-electron chi connectivity index (χ3n) is 4.30. The van der Waals surface area contributed by atoms with Crippen LogP contribution in [0.3, 0.4) is 0 Å². The lowest BCUT2D eigenvalue weighted by atomic mass is 9.98. The largest absolute Gasteiger partial charge is 0.338 e. The number of amides is 1. The van der Waals surface area contributed by atoms with E-state index in [1.54, 1.807) is 23.1 Å². The van der Waals surface area contributed by atoms with Crippen molar-refractivity contribution >= 4 is 18.3 Å². The maximum atomic E-state index is 13.6. The Morgan fingerprint density at radius 2 is 2.00 bits per heavy atom. The Morgan fingerprint density at radius 3 is 2.68 bits per heavy atom. The van der Waals surface area contributed by atoms with E-state index in [1.807, 2.05) is 0 Å². The predicted molar refractivity (Wildman–Crippen MR) is 73.7 cm³/mol. The van der Waals surface area contributed by atoms with Gasteiger partial charge in [0, 0.05) is 19.1 Å². The van der Waals surface area contributed by atoms with Gasteiger partial charge in [-0.25, -0.2) is 4.39 Å². The zero-order valence-corrected chi connectivity index (χ0v) is 11.4. The second-order valence-electron chi connectivity index (χ2n) is 5.36. The molecular weight excluding hydrogens is 267 g/mol. The molecule has 2 N–H and O–H groups in total. The van der Waals surface area contributed by atoms with Gasteiger partial charge in [0.1, 0.15) is 5.82 Å². The third-order valence-corrected chi connectivity index (χ3v) is 4.30. The summed E-state index contributed by atoms with van der Waals surface area (Å²) >= 11 is 0. The average molecular weight is 285 g/mol. The fraction of sp³-hybridized carbons (Fsp3) is 0.500. The summed E-state index contributed by atoms with van der Waals surface area (Å²) in [7, 11) is 0. The molecule has 0 radical (unpaired) electrons. The van der Waals surface area contributed by atoms with Crippen molar-refractivity contribution in [2.75, 3.05) is 13.1 Å². The molecule has 2 aliphatic rings. The number of likely N-dealkylation sites (tertiary alicyclic amines) is 1. The Morgan fingerprint density at radius 1 is 1.26 bits per heavy atom. The number of hydrogen-bond acceptors (Lipinski definition) is 2. The van der Waals surface area contributed by atoms with E-state index in [4.69, 9.17) is 5.73 Å². The van der Waals surface area contributed by atoms with E-state index in [-0.39, 0.29) is 29.9 Å². The molecule has 19 heavy (non-hydrogen) atoms. The topological polar surface area (TPSA) is 46.3 Å². The number of nitrogens with zero attached hydrogens (tertiary/aromatic N) is 1. The van der Waals surface area contributed by atoms with Crippen LogP contribution in [-0.2, 0) is 0 Å². The van der Waals surface area contributed by atoms with Crippen LogP contribution in [0.4, 0.5) is 4.39 Å². The van der Waals surface area contributed by atoms with Crippen molar-refractivity contribution < 1.29 is 9.18 Å². The second-order valence-corrected chi connectivity index (χ2v) is 5.36. The van der Waals surface area contributed by atoms with Crippen LogP contribution in [0.1, 0.15) is 23.2 Å². The van der Waals surface area contributed by atoms with Gasteiger partial charge in [0.25, 0.3) is 5.91 Å². The van der Waals surface area contributed by atoms with Crippen LogP contribution in [0.15, 0.2) is 24.3 Å². The van der Waals surface area contributed by atoms with E-state index in [1.165, 1.54) is 6.07 Å². The minimum absolute atomic E-state index is 0.